The van der Waals surface area contributed by atoms with E-state index in [1.165, 1.54) is 28.7 Å². The molecule has 0 saturated heterocycles. The minimum atomic E-state index is 0.110. The largest absolute Gasteiger partial charge is 0.0617 e. The maximum atomic E-state index is 2.47. The normalized spacial score (nSPS) is 22.2. The lowest BCUT2D eigenvalue weighted by atomic mass is 9.74. The fraction of sp³-hybridized carbons (Fsp3) is 0.500. The molecule has 1 unspecified atom stereocenters. The highest BCUT2D eigenvalue weighted by Gasteiger charge is 2.45. The molecule has 0 heterocycles. The lowest BCUT2D eigenvalue weighted by Gasteiger charge is -2.29. The van der Waals surface area contributed by atoms with Gasteiger partial charge in [0.05, 0.1) is 0 Å². The van der Waals surface area contributed by atoms with Crippen molar-refractivity contribution in [1.29, 1.82) is 0 Å². The van der Waals surface area contributed by atoms with E-state index in [2.05, 4.69) is 90.9 Å². The summed E-state index contributed by atoms with van der Waals surface area (Å²) in [5.74, 6) is 1.16. The minimum absolute atomic E-state index is 0.110. The molecule has 0 aromatic heterocycles. The molecule has 0 spiro atoms. The van der Waals surface area contributed by atoms with Gasteiger partial charge in [0, 0.05) is 5.41 Å². The Kier molecular flexibility index (Phi) is 4.14. The first-order chi connectivity index (χ1) is 11.1. The zero-order valence-electron chi connectivity index (χ0n) is 16.4. The van der Waals surface area contributed by atoms with Crippen molar-refractivity contribution < 1.29 is 0 Å². The molecule has 2 aromatic rings. The van der Waals surface area contributed by atoms with Crippen molar-refractivity contribution >= 4 is 0 Å². The van der Waals surface area contributed by atoms with Crippen LogP contribution in [0.2, 0.25) is 0 Å². The average molecular weight is 321 g/mol. The topological polar surface area (TPSA) is 0 Å². The average Bonchev–Trinajstić information content (AvgIpc) is 2.74. The number of hydrogen-bond donors (Lipinski definition) is 0. The van der Waals surface area contributed by atoms with E-state index in [0.29, 0.717) is 11.8 Å². The van der Waals surface area contributed by atoms with Gasteiger partial charge < -0.3 is 0 Å². The van der Waals surface area contributed by atoms with E-state index in [1.807, 2.05) is 0 Å². The van der Waals surface area contributed by atoms with Crippen molar-refractivity contribution in [3.05, 3.63) is 70.3 Å². The van der Waals surface area contributed by atoms with Gasteiger partial charge in [-0.15, -0.1) is 0 Å². The summed E-state index contributed by atoms with van der Waals surface area (Å²) in [6, 6.07) is 16.5. The third-order valence-electron chi connectivity index (χ3n) is 6.02. The smallest absolute Gasteiger partial charge is 0.0186 e. The molecule has 0 aliphatic heterocycles. The van der Waals surface area contributed by atoms with E-state index in [9.17, 15) is 0 Å². The first kappa shape index (κ1) is 17.3. The van der Waals surface area contributed by atoms with Crippen molar-refractivity contribution in [3.63, 3.8) is 0 Å². The fourth-order valence-corrected chi connectivity index (χ4v) is 4.53. The molecule has 3 rings (SSSR count). The Balaban J connectivity index is 2.16. The molecule has 1 aliphatic carbocycles. The Morgan fingerprint density at radius 3 is 2.00 bits per heavy atom. The van der Waals surface area contributed by atoms with Gasteiger partial charge in [-0.2, -0.15) is 0 Å². The van der Waals surface area contributed by atoms with Crippen molar-refractivity contribution in [2.45, 2.75) is 77.6 Å². The highest BCUT2D eigenvalue weighted by molar-refractivity contribution is 5.53. The molecule has 0 heteroatoms. The van der Waals surface area contributed by atoms with Crippen molar-refractivity contribution in [1.82, 2.24) is 0 Å². The summed E-state index contributed by atoms with van der Waals surface area (Å²) in [6.07, 6.45) is 1.18. The van der Waals surface area contributed by atoms with Crippen LogP contribution in [0.15, 0.2) is 42.5 Å². The van der Waals surface area contributed by atoms with Gasteiger partial charge in [-0.3, -0.25) is 0 Å². The van der Waals surface area contributed by atoms with Crippen LogP contribution in [0.5, 0.6) is 0 Å². The van der Waals surface area contributed by atoms with Crippen LogP contribution in [0.25, 0.3) is 0 Å². The molecule has 2 aromatic carbocycles. The van der Waals surface area contributed by atoms with E-state index in [0.717, 1.165) is 0 Å². The first-order valence-electron chi connectivity index (χ1n) is 9.40. The number of rotatable bonds is 3. The summed E-state index contributed by atoms with van der Waals surface area (Å²) in [6.45, 7) is 16.4. The summed E-state index contributed by atoms with van der Waals surface area (Å²) in [5, 5.41) is 0. The predicted molar refractivity (Wildman–Crippen MR) is 105 cm³/mol. The van der Waals surface area contributed by atoms with Crippen LogP contribution in [0.3, 0.4) is 0 Å². The molecule has 0 saturated carbocycles. The molecule has 24 heavy (non-hydrogen) atoms. The van der Waals surface area contributed by atoms with Gasteiger partial charge in [-0.1, -0.05) is 90.9 Å². The predicted octanol–water partition coefficient (Wildman–Crippen LogP) is 6.92. The molecule has 0 amide bonds. The van der Waals surface area contributed by atoms with Crippen LogP contribution < -0.4 is 0 Å². The maximum absolute atomic E-state index is 2.47. The third-order valence-corrected chi connectivity index (χ3v) is 6.02. The van der Waals surface area contributed by atoms with Crippen molar-refractivity contribution in [3.8, 4) is 0 Å². The second kappa shape index (κ2) is 5.76. The van der Waals surface area contributed by atoms with Gasteiger partial charge in [-0.25, -0.2) is 0 Å². The molecule has 0 radical (unpaired) electrons. The van der Waals surface area contributed by atoms with Gasteiger partial charge in [0.1, 0.15) is 0 Å². The van der Waals surface area contributed by atoms with Gasteiger partial charge in [0.2, 0.25) is 0 Å². The Morgan fingerprint density at radius 1 is 0.750 bits per heavy atom. The van der Waals surface area contributed by atoms with Gasteiger partial charge >= 0.3 is 0 Å². The molecule has 0 bridgehead atoms. The van der Waals surface area contributed by atoms with Crippen LogP contribution in [0, 0.1) is 0 Å². The van der Waals surface area contributed by atoms with Gasteiger partial charge in [0.15, 0.2) is 0 Å². The Bertz CT molecular complexity index is 748. The Hall–Kier alpha value is -1.56. The van der Waals surface area contributed by atoms with Crippen molar-refractivity contribution in [2.75, 3.05) is 0 Å². The molecule has 1 aliphatic rings. The molecular formula is C24H32. The van der Waals surface area contributed by atoms with Crippen LogP contribution in [0.1, 0.15) is 94.5 Å². The fourth-order valence-electron chi connectivity index (χ4n) is 4.53. The number of fused-ring (bicyclic) bond motifs is 1. The van der Waals surface area contributed by atoms with E-state index in [1.54, 1.807) is 5.56 Å². The maximum Gasteiger partial charge on any atom is 0.0186 e. The van der Waals surface area contributed by atoms with Crippen LogP contribution in [-0.2, 0) is 10.8 Å². The van der Waals surface area contributed by atoms with Gasteiger partial charge in [-0.05, 0) is 51.5 Å². The highest BCUT2D eigenvalue weighted by atomic mass is 14.5. The lowest BCUT2D eigenvalue weighted by Crippen LogP contribution is -2.23. The standard InChI is InChI=1S/C24H32/c1-16(2)18-9-8-10-20(13-18)24(7)15-23(5,6)22-14-19(17(3)4)11-12-21(22)24/h8-14,16-17H,15H2,1-7H3. The van der Waals surface area contributed by atoms with E-state index in [4.69, 9.17) is 0 Å². The zero-order valence-corrected chi connectivity index (χ0v) is 16.4. The molecule has 0 fully saturated rings. The molecule has 1 atom stereocenters. The summed E-state index contributed by atoms with van der Waals surface area (Å²) >= 11 is 0. The van der Waals surface area contributed by atoms with Crippen molar-refractivity contribution in [2.24, 2.45) is 0 Å². The molecule has 0 N–H and O–H groups in total. The molecule has 128 valence electrons. The number of benzene rings is 2. The summed E-state index contributed by atoms with van der Waals surface area (Å²) in [4.78, 5) is 0. The van der Waals surface area contributed by atoms with E-state index in [-0.39, 0.29) is 10.8 Å². The number of hydrogen-bond acceptors (Lipinski definition) is 0. The monoisotopic (exact) mass is 320 g/mol. The quantitative estimate of drug-likeness (QED) is 0.575. The zero-order chi connectivity index (χ0) is 17.7. The van der Waals surface area contributed by atoms with Crippen LogP contribution >= 0.6 is 0 Å². The summed E-state index contributed by atoms with van der Waals surface area (Å²) in [7, 11) is 0. The highest BCUT2D eigenvalue weighted by Crippen LogP contribution is 2.53. The third kappa shape index (κ3) is 2.70. The second-order valence-electron chi connectivity index (χ2n) is 9.13. The summed E-state index contributed by atoms with van der Waals surface area (Å²) < 4.78 is 0. The lowest BCUT2D eigenvalue weighted by molar-refractivity contribution is 0.424. The van der Waals surface area contributed by atoms with Gasteiger partial charge in [0.25, 0.3) is 0 Å². The second-order valence-corrected chi connectivity index (χ2v) is 9.13. The van der Waals surface area contributed by atoms with E-state index < -0.39 is 0 Å². The Labute approximate surface area is 148 Å². The Morgan fingerprint density at radius 2 is 1.38 bits per heavy atom. The van der Waals surface area contributed by atoms with Crippen LogP contribution in [-0.4, -0.2) is 0 Å². The first-order valence-corrected chi connectivity index (χ1v) is 9.40. The van der Waals surface area contributed by atoms with Crippen LogP contribution in [0.4, 0.5) is 0 Å². The molecular weight excluding hydrogens is 288 g/mol. The van der Waals surface area contributed by atoms with E-state index >= 15 is 0 Å². The molecule has 0 nitrogen and oxygen atoms in total. The minimum Gasteiger partial charge on any atom is -0.0617 e. The SMILES string of the molecule is CC(C)c1cccc(C2(C)CC(C)(C)c3cc(C(C)C)ccc32)c1. The summed E-state index contributed by atoms with van der Waals surface area (Å²) in [5.41, 5.74) is 7.78.